The van der Waals surface area contributed by atoms with Crippen LogP contribution < -0.4 is 10.2 Å². The first-order valence-corrected chi connectivity index (χ1v) is 5.67. The van der Waals surface area contributed by atoms with E-state index < -0.39 is 0 Å². The Morgan fingerprint density at radius 1 is 1.53 bits per heavy atom. The fraction of sp³-hybridized carbons (Fsp3) is 0.500. The summed E-state index contributed by atoms with van der Waals surface area (Å²) in [6.07, 6.45) is 1.78. The maximum atomic E-state index is 9.02. The van der Waals surface area contributed by atoms with Crippen LogP contribution in [-0.2, 0) is 6.54 Å². The van der Waals surface area contributed by atoms with Gasteiger partial charge in [0, 0.05) is 25.3 Å². The summed E-state index contributed by atoms with van der Waals surface area (Å²) < 4.78 is 0. The van der Waals surface area contributed by atoms with Crippen molar-refractivity contribution in [3.05, 3.63) is 30.1 Å². The predicted octanol–water partition coefficient (Wildman–Crippen LogP) is 0.489. The maximum Gasteiger partial charge on any atom is 0.226 e. The van der Waals surface area contributed by atoms with Crippen LogP contribution in [0, 0.1) is 6.92 Å². The minimum absolute atomic E-state index is 0.0759. The molecule has 17 heavy (non-hydrogen) atoms. The molecule has 0 radical (unpaired) electrons. The minimum Gasteiger partial charge on any atom is -0.395 e. The SMILES string of the molecule is C=CCN(CCO)c1nc(C)cc(CNC)n1. The summed E-state index contributed by atoms with van der Waals surface area (Å²) in [7, 11) is 1.88. The van der Waals surface area contributed by atoms with Crippen molar-refractivity contribution in [2.75, 3.05) is 31.6 Å². The van der Waals surface area contributed by atoms with Gasteiger partial charge in [-0.05, 0) is 20.0 Å². The number of rotatable bonds is 7. The van der Waals surface area contributed by atoms with Gasteiger partial charge in [0.25, 0.3) is 0 Å². The Labute approximate surface area is 102 Å². The lowest BCUT2D eigenvalue weighted by Crippen LogP contribution is -2.29. The van der Waals surface area contributed by atoms with E-state index in [-0.39, 0.29) is 6.61 Å². The van der Waals surface area contributed by atoms with E-state index in [0.29, 0.717) is 25.6 Å². The summed E-state index contributed by atoms with van der Waals surface area (Å²) >= 11 is 0. The summed E-state index contributed by atoms with van der Waals surface area (Å²) in [5, 5.41) is 12.1. The van der Waals surface area contributed by atoms with Crippen molar-refractivity contribution < 1.29 is 5.11 Å². The first kappa shape index (κ1) is 13.6. The van der Waals surface area contributed by atoms with E-state index in [4.69, 9.17) is 5.11 Å². The number of anilines is 1. The molecule has 0 aliphatic rings. The molecule has 0 aliphatic carbocycles. The van der Waals surface area contributed by atoms with Crippen LogP contribution in [0.25, 0.3) is 0 Å². The molecule has 0 amide bonds. The molecule has 5 nitrogen and oxygen atoms in total. The minimum atomic E-state index is 0.0759. The quantitative estimate of drug-likeness (QED) is 0.675. The number of hydrogen-bond donors (Lipinski definition) is 2. The average molecular weight is 236 g/mol. The Morgan fingerprint density at radius 3 is 2.88 bits per heavy atom. The second-order valence-corrected chi connectivity index (χ2v) is 3.79. The lowest BCUT2D eigenvalue weighted by atomic mass is 10.3. The van der Waals surface area contributed by atoms with Crippen LogP contribution >= 0.6 is 0 Å². The summed E-state index contributed by atoms with van der Waals surface area (Å²) in [5.74, 6) is 0.643. The second kappa shape index (κ2) is 6.98. The molecule has 2 N–H and O–H groups in total. The highest BCUT2D eigenvalue weighted by molar-refractivity contribution is 5.33. The molecule has 0 aliphatic heterocycles. The second-order valence-electron chi connectivity index (χ2n) is 3.79. The summed E-state index contributed by atoms with van der Waals surface area (Å²) in [6.45, 7) is 7.56. The van der Waals surface area contributed by atoms with Gasteiger partial charge in [-0.2, -0.15) is 0 Å². The van der Waals surface area contributed by atoms with E-state index in [2.05, 4.69) is 21.9 Å². The van der Waals surface area contributed by atoms with Gasteiger partial charge in [-0.15, -0.1) is 6.58 Å². The number of nitrogens with zero attached hydrogens (tertiary/aromatic N) is 3. The van der Waals surface area contributed by atoms with Gasteiger partial charge >= 0.3 is 0 Å². The third kappa shape index (κ3) is 4.13. The average Bonchev–Trinajstić information content (AvgIpc) is 2.28. The number of nitrogens with one attached hydrogen (secondary N) is 1. The van der Waals surface area contributed by atoms with Crippen LogP contribution in [0.4, 0.5) is 5.95 Å². The zero-order chi connectivity index (χ0) is 12.7. The van der Waals surface area contributed by atoms with E-state index >= 15 is 0 Å². The highest BCUT2D eigenvalue weighted by Gasteiger charge is 2.09. The lowest BCUT2D eigenvalue weighted by Gasteiger charge is -2.20. The highest BCUT2D eigenvalue weighted by Crippen LogP contribution is 2.10. The van der Waals surface area contributed by atoms with Crippen LogP contribution in [0.3, 0.4) is 0 Å². The van der Waals surface area contributed by atoms with Gasteiger partial charge in [0.1, 0.15) is 0 Å². The fourth-order valence-corrected chi connectivity index (χ4v) is 1.58. The molecule has 0 atom stereocenters. The van der Waals surface area contributed by atoms with Gasteiger partial charge in [0.15, 0.2) is 0 Å². The number of hydrogen-bond acceptors (Lipinski definition) is 5. The van der Waals surface area contributed by atoms with Crippen molar-refractivity contribution in [1.29, 1.82) is 0 Å². The number of aromatic nitrogens is 2. The van der Waals surface area contributed by atoms with E-state index in [9.17, 15) is 0 Å². The number of aliphatic hydroxyl groups excluding tert-OH is 1. The molecule has 5 heteroatoms. The van der Waals surface area contributed by atoms with E-state index in [1.807, 2.05) is 24.9 Å². The normalized spacial score (nSPS) is 10.3. The highest BCUT2D eigenvalue weighted by atomic mass is 16.3. The van der Waals surface area contributed by atoms with Crippen LogP contribution in [-0.4, -0.2) is 41.8 Å². The van der Waals surface area contributed by atoms with Crippen LogP contribution in [0.5, 0.6) is 0 Å². The van der Waals surface area contributed by atoms with Gasteiger partial charge < -0.3 is 15.3 Å². The Balaban J connectivity index is 2.95. The maximum absolute atomic E-state index is 9.02. The third-order valence-corrected chi connectivity index (χ3v) is 2.26. The molecule has 1 rings (SSSR count). The Bertz CT molecular complexity index is 368. The monoisotopic (exact) mass is 236 g/mol. The predicted molar refractivity (Wildman–Crippen MR) is 69.0 cm³/mol. The van der Waals surface area contributed by atoms with E-state index in [1.165, 1.54) is 0 Å². The zero-order valence-electron chi connectivity index (χ0n) is 10.5. The van der Waals surface area contributed by atoms with Crippen molar-refractivity contribution >= 4 is 5.95 Å². The molecule has 0 saturated heterocycles. The van der Waals surface area contributed by atoms with E-state index in [1.54, 1.807) is 6.08 Å². The van der Waals surface area contributed by atoms with Crippen molar-refractivity contribution in [2.45, 2.75) is 13.5 Å². The van der Waals surface area contributed by atoms with Crippen molar-refractivity contribution in [3.63, 3.8) is 0 Å². The standard InChI is InChI=1S/C12H20N4O/c1-4-5-16(6-7-17)12-14-10(2)8-11(15-12)9-13-3/h4,8,13,17H,1,5-7,9H2,2-3H3. The largest absolute Gasteiger partial charge is 0.395 e. The molecule has 0 spiro atoms. The Hall–Kier alpha value is -1.46. The molecule has 0 unspecified atom stereocenters. The van der Waals surface area contributed by atoms with Gasteiger partial charge in [0.2, 0.25) is 5.95 Å². The molecule has 0 saturated carbocycles. The van der Waals surface area contributed by atoms with Gasteiger partial charge in [-0.3, -0.25) is 0 Å². The van der Waals surface area contributed by atoms with Gasteiger partial charge in [-0.1, -0.05) is 6.08 Å². The van der Waals surface area contributed by atoms with Crippen LogP contribution in [0.1, 0.15) is 11.4 Å². The van der Waals surface area contributed by atoms with Gasteiger partial charge in [-0.25, -0.2) is 9.97 Å². The first-order chi connectivity index (χ1) is 8.21. The molecule has 0 bridgehead atoms. The molecule has 1 heterocycles. The van der Waals surface area contributed by atoms with Gasteiger partial charge in [0.05, 0.1) is 12.3 Å². The molecule has 1 aromatic rings. The van der Waals surface area contributed by atoms with Crippen molar-refractivity contribution in [2.24, 2.45) is 0 Å². The lowest BCUT2D eigenvalue weighted by molar-refractivity contribution is 0.302. The first-order valence-electron chi connectivity index (χ1n) is 5.67. The van der Waals surface area contributed by atoms with Crippen LogP contribution in [0.2, 0.25) is 0 Å². The molecule has 1 aromatic heterocycles. The molecular weight excluding hydrogens is 216 g/mol. The summed E-state index contributed by atoms with van der Waals surface area (Å²) in [5.41, 5.74) is 1.87. The molecule has 94 valence electrons. The third-order valence-electron chi connectivity index (χ3n) is 2.26. The molecule has 0 aromatic carbocycles. The van der Waals surface area contributed by atoms with E-state index in [0.717, 1.165) is 11.4 Å². The fourth-order valence-electron chi connectivity index (χ4n) is 1.58. The number of aryl methyl sites for hydroxylation is 1. The van der Waals surface area contributed by atoms with Crippen molar-refractivity contribution in [3.8, 4) is 0 Å². The topological polar surface area (TPSA) is 61.3 Å². The summed E-state index contributed by atoms with van der Waals surface area (Å²) in [4.78, 5) is 10.7. The van der Waals surface area contributed by atoms with Crippen LogP contribution in [0.15, 0.2) is 18.7 Å². The number of aliphatic hydroxyl groups is 1. The summed E-state index contributed by atoms with van der Waals surface area (Å²) in [6, 6.07) is 1.95. The smallest absolute Gasteiger partial charge is 0.226 e. The Morgan fingerprint density at radius 2 is 2.29 bits per heavy atom. The molecular formula is C12H20N4O. The zero-order valence-corrected chi connectivity index (χ0v) is 10.5. The Kier molecular flexibility index (Phi) is 5.59. The molecule has 0 fully saturated rings. The van der Waals surface area contributed by atoms with Crippen molar-refractivity contribution in [1.82, 2.24) is 15.3 Å².